The summed E-state index contributed by atoms with van der Waals surface area (Å²) in [6.45, 7) is 9.70. The van der Waals surface area contributed by atoms with Crippen LogP contribution < -0.4 is 4.90 Å². The van der Waals surface area contributed by atoms with Crippen LogP contribution in [0.1, 0.15) is 32.3 Å². The summed E-state index contributed by atoms with van der Waals surface area (Å²) in [6, 6.07) is 5.51. The number of allylic oxidation sites excluding steroid dienone is 1. The van der Waals surface area contributed by atoms with Gasteiger partial charge in [0.25, 0.3) is 6.02 Å². The van der Waals surface area contributed by atoms with Gasteiger partial charge in [-0.3, -0.25) is 0 Å². The SMILES string of the molecule is C=C(C)OC(=NC)N(C)c1c[c-]c(C(C)C)cn1.[Y]. The maximum atomic E-state index is 5.42. The zero-order valence-electron chi connectivity index (χ0n) is 12.3. The molecule has 0 spiro atoms. The van der Waals surface area contributed by atoms with E-state index in [1.165, 1.54) is 0 Å². The number of hydrogen-bond donors (Lipinski definition) is 0. The van der Waals surface area contributed by atoms with E-state index in [0.717, 1.165) is 11.4 Å². The molecule has 1 heterocycles. The molecule has 0 N–H and O–H groups in total. The van der Waals surface area contributed by atoms with Gasteiger partial charge in [0.05, 0.1) is 5.76 Å². The van der Waals surface area contributed by atoms with Gasteiger partial charge in [0, 0.05) is 52.6 Å². The first-order valence-electron chi connectivity index (χ1n) is 5.87. The molecular formula is C14H20N3OY-. The van der Waals surface area contributed by atoms with E-state index >= 15 is 0 Å². The van der Waals surface area contributed by atoms with Gasteiger partial charge >= 0.3 is 0 Å². The predicted octanol–water partition coefficient (Wildman–Crippen LogP) is 2.97. The Labute approximate surface area is 140 Å². The Balaban J connectivity index is 0.00000324. The van der Waals surface area contributed by atoms with Crippen molar-refractivity contribution in [3.05, 3.63) is 36.2 Å². The van der Waals surface area contributed by atoms with Crippen molar-refractivity contribution in [1.29, 1.82) is 0 Å². The molecule has 4 nitrogen and oxygen atoms in total. The quantitative estimate of drug-likeness (QED) is 0.369. The summed E-state index contributed by atoms with van der Waals surface area (Å²) in [5, 5.41) is 0. The van der Waals surface area contributed by atoms with Crippen molar-refractivity contribution >= 4 is 11.8 Å². The maximum Gasteiger partial charge on any atom is 0.286 e. The summed E-state index contributed by atoms with van der Waals surface area (Å²) in [5.74, 6) is 1.74. The molecule has 0 fully saturated rings. The molecule has 0 aromatic carbocycles. The fourth-order valence-corrected chi connectivity index (χ4v) is 1.38. The molecular weight excluding hydrogens is 315 g/mol. The molecule has 0 aliphatic carbocycles. The number of aliphatic imine (C=N–C) groups is 1. The number of anilines is 1. The molecule has 1 aromatic rings. The molecule has 19 heavy (non-hydrogen) atoms. The fourth-order valence-electron chi connectivity index (χ4n) is 1.38. The average molecular weight is 335 g/mol. The average Bonchev–Trinajstić information content (AvgIpc) is 2.35. The van der Waals surface area contributed by atoms with Crippen LogP contribution in [-0.2, 0) is 37.4 Å². The third kappa shape index (κ3) is 5.41. The standard InChI is InChI=1S/C14H20N3O.Y/c1-10(2)12-7-8-13(16-9-12)17(6)14(15-5)18-11(3)4;/h8-10H,3H2,1-2,4-6H3;/q-1;. The van der Waals surface area contributed by atoms with Gasteiger partial charge in [-0.2, -0.15) is 6.07 Å². The second-order valence-corrected chi connectivity index (χ2v) is 4.38. The summed E-state index contributed by atoms with van der Waals surface area (Å²) in [7, 11) is 3.51. The van der Waals surface area contributed by atoms with E-state index in [4.69, 9.17) is 4.74 Å². The van der Waals surface area contributed by atoms with E-state index in [0.29, 0.717) is 17.7 Å². The first-order chi connectivity index (χ1) is 8.45. The smallest absolute Gasteiger partial charge is 0.286 e. The van der Waals surface area contributed by atoms with Gasteiger partial charge in [-0.1, -0.05) is 26.6 Å². The fraction of sp³-hybridized carbons (Fsp3) is 0.429. The summed E-state index contributed by atoms with van der Waals surface area (Å²) in [5.41, 5.74) is 1.09. The summed E-state index contributed by atoms with van der Waals surface area (Å²) < 4.78 is 5.42. The largest absolute Gasteiger partial charge is 0.432 e. The Bertz CT molecular complexity index is 441. The summed E-state index contributed by atoms with van der Waals surface area (Å²) in [6.07, 6.45) is 1.82. The van der Waals surface area contributed by atoms with Crippen LogP contribution in [-0.4, -0.2) is 25.1 Å². The first kappa shape index (κ1) is 18.3. The minimum absolute atomic E-state index is 0. The van der Waals surface area contributed by atoms with Crippen LogP contribution >= 0.6 is 0 Å². The Hall–Kier alpha value is -0.736. The summed E-state index contributed by atoms with van der Waals surface area (Å²) >= 11 is 0. The monoisotopic (exact) mass is 335 g/mol. The van der Waals surface area contributed by atoms with Gasteiger partial charge in [-0.25, -0.2) is 4.99 Å². The number of hydrogen-bond acceptors (Lipinski definition) is 3. The van der Waals surface area contributed by atoms with E-state index < -0.39 is 0 Å². The van der Waals surface area contributed by atoms with E-state index in [1.54, 1.807) is 18.9 Å². The third-order valence-electron chi connectivity index (χ3n) is 2.41. The Morgan fingerprint density at radius 2 is 2.16 bits per heavy atom. The molecule has 1 radical (unpaired) electrons. The van der Waals surface area contributed by atoms with Gasteiger partial charge in [0.2, 0.25) is 0 Å². The Morgan fingerprint density at radius 3 is 2.53 bits per heavy atom. The number of rotatable bonds is 3. The molecule has 101 valence electrons. The van der Waals surface area contributed by atoms with Crippen molar-refractivity contribution < 1.29 is 37.4 Å². The molecule has 0 unspecified atom stereocenters. The second kappa shape index (κ2) is 8.44. The molecule has 1 rings (SSSR count). The van der Waals surface area contributed by atoms with Crippen LogP contribution in [0.25, 0.3) is 0 Å². The van der Waals surface area contributed by atoms with Gasteiger partial charge in [-0.15, -0.1) is 11.6 Å². The van der Waals surface area contributed by atoms with Crippen molar-refractivity contribution in [2.45, 2.75) is 26.7 Å². The minimum atomic E-state index is 0. The molecule has 0 amide bonds. The number of amidine groups is 1. The van der Waals surface area contributed by atoms with Crippen LogP contribution in [0.3, 0.4) is 0 Å². The van der Waals surface area contributed by atoms with Crippen molar-refractivity contribution in [1.82, 2.24) is 4.98 Å². The number of pyridine rings is 1. The molecule has 0 aliphatic heterocycles. The van der Waals surface area contributed by atoms with Crippen molar-refractivity contribution in [3.63, 3.8) is 0 Å². The Kier molecular flexibility index (Phi) is 8.11. The topological polar surface area (TPSA) is 37.7 Å². The molecule has 1 aromatic heterocycles. The number of nitrogens with zero attached hydrogens (tertiary/aromatic N) is 3. The van der Waals surface area contributed by atoms with Gasteiger partial charge in [-0.05, 0) is 12.8 Å². The maximum absolute atomic E-state index is 5.42. The Morgan fingerprint density at radius 1 is 1.53 bits per heavy atom. The van der Waals surface area contributed by atoms with Crippen LogP contribution in [0.2, 0.25) is 0 Å². The van der Waals surface area contributed by atoms with Crippen LogP contribution in [0.5, 0.6) is 0 Å². The van der Waals surface area contributed by atoms with Crippen LogP contribution in [0, 0.1) is 6.07 Å². The van der Waals surface area contributed by atoms with Gasteiger partial charge in [0.1, 0.15) is 0 Å². The second-order valence-electron chi connectivity index (χ2n) is 4.38. The van der Waals surface area contributed by atoms with E-state index in [9.17, 15) is 0 Å². The van der Waals surface area contributed by atoms with Crippen LogP contribution in [0.15, 0.2) is 29.6 Å². The van der Waals surface area contributed by atoms with Gasteiger partial charge in [0.15, 0.2) is 0 Å². The van der Waals surface area contributed by atoms with Crippen LogP contribution in [0.4, 0.5) is 5.82 Å². The van der Waals surface area contributed by atoms with Gasteiger partial charge < -0.3 is 14.6 Å². The molecule has 0 saturated carbocycles. The summed E-state index contributed by atoms with van der Waals surface area (Å²) in [4.78, 5) is 10.2. The zero-order chi connectivity index (χ0) is 13.7. The first-order valence-corrected chi connectivity index (χ1v) is 5.87. The predicted molar refractivity (Wildman–Crippen MR) is 74.8 cm³/mol. The minimum Gasteiger partial charge on any atom is -0.432 e. The molecule has 5 heteroatoms. The third-order valence-corrected chi connectivity index (χ3v) is 2.41. The molecule has 0 saturated heterocycles. The molecule has 0 atom stereocenters. The van der Waals surface area contributed by atoms with Crippen molar-refractivity contribution in [2.24, 2.45) is 4.99 Å². The zero-order valence-corrected chi connectivity index (χ0v) is 15.1. The molecule has 0 aliphatic rings. The normalized spacial score (nSPS) is 10.9. The van der Waals surface area contributed by atoms with E-state index in [-0.39, 0.29) is 32.7 Å². The van der Waals surface area contributed by atoms with Crippen molar-refractivity contribution in [2.75, 3.05) is 19.0 Å². The van der Waals surface area contributed by atoms with E-state index in [2.05, 4.69) is 36.5 Å². The van der Waals surface area contributed by atoms with E-state index in [1.807, 2.05) is 19.3 Å². The molecule has 0 bridgehead atoms. The van der Waals surface area contributed by atoms with Crippen molar-refractivity contribution in [3.8, 4) is 0 Å². The number of ether oxygens (including phenoxy) is 1. The number of aromatic nitrogens is 1.